The SMILES string of the molecule is CC(NCc1ccc(-c2ccccc2F)cc1)C(N)=O.CS(=O)(=O)O. The molecule has 0 aliphatic carbocycles. The van der Waals surface area contributed by atoms with Gasteiger partial charge >= 0.3 is 0 Å². The first-order chi connectivity index (χ1) is 11.6. The summed E-state index contributed by atoms with van der Waals surface area (Å²) in [6.07, 6.45) is 0.715. The first-order valence-electron chi connectivity index (χ1n) is 7.37. The van der Waals surface area contributed by atoms with Crippen LogP contribution in [0.15, 0.2) is 48.5 Å². The molecule has 2 rings (SSSR count). The van der Waals surface area contributed by atoms with Crippen molar-refractivity contribution in [3.8, 4) is 11.1 Å². The van der Waals surface area contributed by atoms with Gasteiger partial charge in [0.1, 0.15) is 5.82 Å². The zero-order valence-electron chi connectivity index (χ0n) is 13.9. The standard InChI is InChI=1S/C16H17FN2O.CH4O3S/c1-11(16(18)20)19-10-12-6-8-13(9-7-12)14-4-2-3-5-15(14)17;1-5(2,3)4/h2-9,11,19H,10H2,1H3,(H2,18,20);1H3,(H,2,3,4). The zero-order chi connectivity index (χ0) is 19.0. The van der Waals surface area contributed by atoms with Gasteiger partial charge in [0, 0.05) is 12.1 Å². The average Bonchev–Trinajstić information content (AvgIpc) is 2.52. The molecular weight excluding hydrogens is 347 g/mol. The smallest absolute Gasteiger partial charge is 0.261 e. The lowest BCUT2D eigenvalue weighted by Crippen LogP contribution is -2.38. The molecule has 8 heteroatoms. The molecule has 0 bridgehead atoms. The summed E-state index contributed by atoms with van der Waals surface area (Å²) < 4.78 is 39.5. The second-order valence-electron chi connectivity index (χ2n) is 5.41. The second kappa shape index (κ2) is 9.26. The maximum Gasteiger partial charge on any atom is 0.261 e. The number of rotatable bonds is 5. The fourth-order valence-electron chi connectivity index (χ4n) is 1.87. The van der Waals surface area contributed by atoms with Gasteiger partial charge in [-0.2, -0.15) is 8.42 Å². The van der Waals surface area contributed by atoms with Crippen LogP contribution >= 0.6 is 0 Å². The van der Waals surface area contributed by atoms with E-state index in [0.717, 1.165) is 11.1 Å². The quantitative estimate of drug-likeness (QED) is 0.699. The van der Waals surface area contributed by atoms with Crippen molar-refractivity contribution in [2.24, 2.45) is 5.73 Å². The van der Waals surface area contributed by atoms with Gasteiger partial charge in [0.2, 0.25) is 5.91 Å². The van der Waals surface area contributed by atoms with Gasteiger partial charge in [-0.15, -0.1) is 0 Å². The summed E-state index contributed by atoms with van der Waals surface area (Å²) in [7, 11) is -3.67. The van der Waals surface area contributed by atoms with Crippen LogP contribution in [0.2, 0.25) is 0 Å². The second-order valence-corrected chi connectivity index (χ2v) is 6.88. The largest absolute Gasteiger partial charge is 0.368 e. The Balaban J connectivity index is 0.000000550. The van der Waals surface area contributed by atoms with Gasteiger partial charge in [0.05, 0.1) is 12.3 Å². The Hall–Kier alpha value is -2.29. The van der Waals surface area contributed by atoms with E-state index in [1.165, 1.54) is 6.07 Å². The van der Waals surface area contributed by atoms with Crippen LogP contribution in [0, 0.1) is 5.82 Å². The Labute approximate surface area is 146 Å². The lowest BCUT2D eigenvalue weighted by atomic mass is 10.0. The molecule has 0 fully saturated rings. The summed E-state index contributed by atoms with van der Waals surface area (Å²) in [5.74, 6) is -0.617. The van der Waals surface area contributed by atoms with E-state index in [2.05, 4.69) is 5.32 Å². The summed E-state index contributed by atoms with van der Waals surface area (Å²) in [4.78, 5) is 10.9. The first-order valence-corrected chi connectivity index (χ1v) is 9.21. The number of carbonyl (C=O) groups is 1. The number of amides is 1. The van der Waals surface area contributed by atoms with E-state index in [1.807, 2.05) is 30.3 Å². The molecule has 0 aliphatic heterocycles. The molecule has 1 unspecified atom stereocenters. The van der Waals surface area contributed by atoms with Crippen molar-refractivity contribution >= 4 is 16.0 Å². The van der Waals surface area contributed by atoms with Gasteiger partial charge in [0.15, 0.2) is 0 Å². The van der Waals surface area contributed by atoms with Gasteiger partial charge < -0.3 is 11.1 Å². The molecule has 0 saturated heterocycles. The third-order valence-corrected chi connectivity index (χ3v) is 3.18. The van der Waals surface area contributed by atoms with E-state index < -0.39 is 10.1 Å². The van der Waals surface area contributed by atoms with Crippen LogP contribution in [0.4, 0.5) is 4.39 Å². The molecule has 136 valence electrons. The van der Waals surface area contributed by atoms with E-state index in [0.29, 0.717) is 18.4 Å². The Morgan fingerprint density at radius 3 is 2.20 bits per heavy atom. The molecule has 25 heavy (non-hydrogen) atoms. The molecule has 0 heterocycles. The summed E-state index contributed by atoms with van der Waals surface area (Å²) in [5, 5.41) is 3.02. The van der Waals surface area contributed by atoms with Crippen LogP contribution < -0.4 is 11.1 Å². The number of nitrogens with one attached hydrogen (secondary N) is 1. The number of primary amides is 1. The first kappa shape index (κ1) is 20.8. The van der Waals surface area contributed by atoms with Crippen LogP contribution in [0.25, 0.3) is 11.1 Å². The molecule has 1 atom stereocenters. The van der Waals surface area contributed by atoms with E-state index >= 15 is 0 Å². The van der Waals surface area contributed by atoms with Crippen molar-refractivity contribution in [1.82, 2.24) is 5.32 Å². The van der Waals surface area contributed by atoms with E-state index in [9.17, 15) is 17.6 Å². The minimum absolute atomic E-state index is 0.235. The predicted molar refractivity (Wildman–Crippen MR) is 94.8 cm³/mol. The van der Waals surface area contributed by atoms with Crippen molar-refractivity contribution in [3.05, 3.63) is 59.9 Å². The van der Waals surface area contributed by atoms with Crippen LogP contribution in [-0.2, 0) is 21.5 Å². The van der Waals surface area contributed by atoms with E-state index in [1.54, 1.807) is 19.1 Å². The molecule has 0 radical (unpaired) electrons. The fourth-order valence-corrected chi connectivity index (χ4v) is 1.87. The highest BCUT2D eigenvalue weighted by molar-refractivity contribution is 7.85. The fraction of sp³-hybridized carbons (Fsp3) is 0.235. The zero-order valence-corrected chi connectivity index (χ0v) is 14.8. The highest BCUT2D eigenvalue weighted by Crippen LogP contribution is 2.22. The molecule has 6 nitrogen and oxygen atoms in total. The van der Waals surface area contributed by atoms with Crippen molar-refractivity contribution in [2.75, 3.05) is 6.26 Å². The molecule has 2 aromatic carbocycles. The van der Waals surface area contributed by atoms with Crippen molar-refractivity contribution < 1.29 is 22.2 Å². The molecule has 0 aliphatic rings. The topological polar surface area (TPSA) is 109 Å². The van der Waals surface area contributed by atoms with Gasteiger partial charge in [0.25, 0.3) is 10.1 Å². The lowest BCUT2D eigenvalue weighted by Gasteiger charge is -2.10. The number of nitrogens with two attached hydrogens (primary N) is 1. The van der Waals surface area contributed by atoms with E-state index in [4.69, 9.17) is 10.3 Å². The minimum Gasteiger partial charge on any atom is -0.368 e. The Morgan fingerprint density at radius 2 is 1.72 bits per heavy atom. The Kier molecular flexibility index (Phi) is 7.69. The Morgan fingerprint density at radius 1 is 1.20 bits per heavy atom. The monoisotopic (exact) mass is 368 g/mol. The highest BCUT2D eigenvalue weighted by Gasteiger charge is 2.07. The summed E-state index contributed by atoms with van der Waals surface area (Å²) in [6, 6.07) is 13.8. The van der Waals surface area contributed by atoms with E-state index in [-0.39, 0.29) is 17.8 Å². The van der Waals surface area contributed by atoms with Gasteiger partial charge in [-0.05, 0) is 24.1 Å². The molecule has 0 spiro atoms. The highest BCUT2D eigenvalue weighted by atomic mass is 32.2. The van der Waals surface area contributed by atoms with Crippen LogP contribution in [0.5, 0.6) is 0 Å². The number of halogens is 1. The molecular formula is C17H21FN2O4S. The number of hydrogen-bond donors (Lipinski definition) is 3. The summed E-state index contributed by atoms with van der Waals surface area (Å²) in [6.45, 7) is 2.26. The van der Waals surface area contributed by atoms with Gasteiger partial charge in [-0.1, -0.05) is 42.5 Å². The van der Waals surface area contributed by atoms with Crippen molar-refractivity contribution in [1.29, 1.82) is 0 Å². The summed E-state index contributed by atoms with van der Waals surface area (Å²) >= 11 is 0. The third kappa shape index (κ3) is 8.39. The van der Waals surface area contributed by atoms with Crippen molar-refractivity contribution in [3.63, 3.8) is 0 Å². The number of benzene rings is 2. The Bertz CT molecular complexity index is 800. The number of hydrogen-bond acceptors (Lipinski definition) is 4. The minimum atomic E-state index is -3.67. The maximum absolute atomic E-state index is 13.7. The average molecular weight is 368 g/mol. The molecule has 0 aromatic heterocycles. The van der Waals surface area contributed by atoms with Crippen LogP contribution in [0.3, 0.4) is 0 Å². The van der Waals surface area contributed by atoms with Crippen LogP contribution in [0.1, 0.15) is 12.5 Å². The predicted octanol–water partition coefficient (Wildman–Crippen LogP) is 1.96. The van der Waals surface area contributed by atoms with Gasteiger partial charge in [-0.25, -0.2) is 4.39 Å². The molecule has 4 N–H and O–H groups in total. The van der Waals surface area contributed by atoms with Crippen LogP contribution in [-0.4, -0.2) is 31.2 Å². The molecule has 0 saturated carbocycles. The van der Waals surface area contributed by atoms with Gasteiger partial charge in [-0.3, -0.25) is 9.35 Å². The summed E-state index contributed by atoms with van der Waals surface area (Å²) in [5.41, 5.74) is 7.60. The number of carbonyl (C=O) groups excluding carboxylic acids is 1. The third-order valence-electron chi connectivity index (χ3n) is 3.18. The lowest BCUT2D eigenvalue weighted by molar-refractivity contribution is -0.119. The normalized spacial score (nSPS) is 12.0. The molecule has 2 aromatic rings. The van der Waals surface area contributed by atoms with Crippen molar-refractivity contribution in [2.45, 2.75) is 19.5 Å². The maximum atomic E-state index is 13.7. The molecule has 1 amide bonds.